The minimum absolute atomic E-state index is 0.181. The van der Waals surface area contributed by atoms with E-state index < -0.39 is 11.9 Å². The van der Waals surface area contributed by atoms with Gasteiger partial charge in [0.25, 0.3) is 0 Å². The number of nitrogens with zero attached hydrogens (tertiary/aromatic N) is 3. The Morgan fingerprint density at radius 2 is 1.96 bits per heavy atom. The molecule has 0 bridgehead atoms. The average Bonchev–Trinajstić information content (AvgIpc) is 3.01. The lowest BCUT2D eigenvalue weighted by Crippen LogP contribution is -2.32. The summed E-state index contributed by atoms with van der Waals surface area (Å²) in [5, 5.41) is 3.27. The highest BCUT2D eigenvalue weighted by molar-refractivity contribution is 5.47. The molecular weight excluding hydrogens is 317 g/mol. The van der Waals surface area contributed by atoms with Crippen LogP contribution in [-0.2, 0) is 12.7 Å². The van der Waals surface area contributed by atoms with Crippen LogP contribution in [0.2, 0.25) is 0 Å². The summed E-state index contributed by atoms with van der Waals surface area (Å²) in [5.41, 5.74) is 0.601. The molecule has 7 heteroatoms. The molecule has 2 heterocycles. The van der Waals surface area contributed by atoms with Gasteiger partial charge in [-0.05, 0) is 31.5 Å². The second kappa shape index (κ2) is 6.76. The monoisotopic (exact) mass is 336 g/mol. The van der Waals surface area contributed by atoms with Gasteiger partial charge < -0.3 is 10.2 Å². The fourth-order valence-electron chi connectivity index (χ4n) is 2.89. The van der Waals surface area contributed by atoms with E-state index in [4.69, 9.17) is 0 Å². The maximum Gasteiger partial charge on any atom is 0.433 e. The molecule has 0 radical (unpaired) electrons. The number of aromatic nitrogens is 2. The molecule has 1 aromatic carbocycles. The summed E-state index contributed by atoms with van der Waals surface area (Å²) in [5.74, 6) is 0.181. The molecule has 1 N–H and O–H groups in total. The van der Waals surface area contributed by atoms with Crippen molar-refractivity contribution in [1.82, 2.24) is 15.3 Å². The molecule has 0 aliphatic carbocycles. The van der Waals surface area contributed by atoms with Crippen LogP contribution in [0.1, 0.15) is 23.6 Å². The van der Waals surface area contributed by atoms with Gasteiger partial charge in [-0.1, -0.05) is 18.2 Å². The number of nitrogens with one attached hydrogen (secondary N) is 1. The van der Waals surface area contributed by atoms with Crippen LogP contribution in [0.15, 0.2) is 36.4 Å². The molecule has 1 saturated heterocycles. The predicted octanol–water partition coefficient (Wildman–Crippen LogP) is 3.17. The van der Waals surface area contributed by atoms with Crippen molar-refractivity contribution in [2.45, 2.75) is 32.1 Å². The Hall–Kier alpha value is -2.15. The zero-order valence-corrected chi connectivity index (χ0v) is 13.3. The maximum atomic E-state index is 12.8. The molecule has 1 fully saturated rings. The van der Waals surface area contributed by atoms with Gasteiger partial charge in [-0.15, -0.1) is 0 Å². The standard InChI is InChI=1S/C17H19F3N4/c1-12-9-15(17(18,19)20)23-16(22-12)10-21-13-7-8-24(11-13)14-5-3-2-4-6-14/h2-6,9,13,21H,7-8,10-11H2,1H3. The normalized spacial score (nSPS) is 18.2. The highest BCUT2D eigenvalue weighted by atomic mass is 19.4. The minimum atomic E-state index is -4.44. The summed E-state index contributed by atoms with van der Waals surface area (Å²) in [6.45, 7) is 3.53. The van der Waals surface area contributed by atoms with E-state index in [1.165, 1.54) is 0 Å². The van der Waals surface area contributed by atoms with E-state index in [9.17, 15) is 13.2 Å². The Morgan fingerprint density at radius 1 is 1.21 bits per heavy atom. The topological polar surface area (TPSA) is 41.1 Å². The van der Waals surface area contributed by atoms with Crippen LogP contribution in [0.5, 0.6) is 0 Å². The van der Waals surface area contributed by atoms with Crippen LogP contribution in [0.3, 0.4) is 0 Å². The molecule has 0 saturated carbocycles. The lowest BCUT2D eigenvalue weighted by Gasteiger charge is -2.19. The summed E-state index contributed by atoms with van der Waals surface area (Å²) in [6.07, 6.45) is -3.51. The van der Waals surface area contributed by atoms with Gasteiger partial charge >= 0.3 is 6.18 Å². The second-order valence-electron chi connectivity index (χ2n) is 5.96. The first-order chi connectivity index (χ1) is 11.4. The third-order valence-electron chi connectivity index (χ3n) is 4.05. The Bertz CT molecular complexity index is 688. The van der Waals surface area contributed by atoms with Crippen LogP contribution < -0.4 is 10.2 Å². The Labute approximate surface area is 138 Å². The van der Waals surface area contributed by atoms with E-state index in [-0.39, 0.29) is 18.4 Å². The molecule has 1 aliphatic heterocycles. The van der Waals surface area contributed by atoms with E-state index in [2.05, 4.69) is 32.3 Å². The van der Waals surface area contributed by atoms with E-state index in [1.807, 2.05) is 18.2 Å². The molecule has 1 aliphatic rings. The number of hydrogen-bond donors (Lipinski definition) is 1. The van der Waals surface area contributed by atoms with Crippen molar-refractivity contribution >= 4 is 5.69 Å². The van der Waals surface area contributed by atoms with Crippen molar-refractivity contribution in [3.8, 4) is 0 Å². The molecule has 0 amide bonds. The number of alkyl halides is 3. The number of benzene rings is 1. The van der Waals surface area contributed by atoms with Crippen molar-refractivity contribution in [3.63, 3.8) is 0 Å². The van der Waals surface area contributed by atoms with Gasteiger partial charge in [0.1, 0.15) is 11.5 Å². The van der Waals surface area contributed by atoms with Gasteiger partial charge in [0.15, 0.2) is 0 Å². The van der Waals surface area contributed by atoms with Gasteiger partial charge in [0.05, 0.1) is 6.54 Å². The van der Waals surface area contributed by atoms with Crippen molar-refractivity contribution in [3.05, 3.63) is 53.6 Å². The van der Waals surface area contributed by atoms with Crippen molar-refractivity contribution in [1.29, 1.82) is 0 Å². The third-order valence-corrected chi connectivity index (χ3v) is 4.05. The van der Waals surface area contributed by atoms with E-state index in [0.717, 1.165) is 31.3 Å². The molecule has 3 rings (SSSR count). The Balaban J connectivity index is 1.60. The maximum absolute atomic E-state index is 12.8. The molecule has 1 unspecified atom stereocenters. The Morgan fingerprint density at radius 3 is 2.67 bits per heavy atom. The first-order valence-corrected chi connectivity index (χ1v) is 7.87. The number of aryl methyl sites for hydroxylation is 1. The van der Waals surface area contributed by atoms with E-state index in [0.29, 0.717) is 5.69 Å². The average molecular weight is 336 g/mol. The largest absolute Gasteiger partial charge is 0.433 e. The number of halogens is 3. The van der Waals surface area contributed by atoms with Gasteiger partial charge in [-0.25, -0.2) is 9.97 Å². The number of anilines is 1. The van der Waals surface area contributed by atoms with Gasteiger partial charge in [-0.2, -0.15) is 13.2 Å². The minimum Gasteiger partial charge on any atom is -0.370 e. The van der Waals surface area contributed by atoms with Crippen LogP contribution in [0, 0.1) is 6.92 Å². The lowest BCUT2D eigenvalue weighted by molar-refractivity contribution is -0.141. The van der Waals surface area contributed by atoms with Crippen molar-refractivity contribution in [2.24, 2.45) is 0 Å². The zero-order valence-electron chi connectivity index (χ0n) is 13.3. The quantitative estimate of drug-likeness (QED) is 0.931. The zero-order chi connectivity index (χ0) is 17.2. The summed E-state index contributed by atoms with van der Waals surface area (Å²) >= 11 is 0. The number of para-hydroxylation sites is 1. The molecule has 1 atom stereocenters. The van der Waals surface area contributed by atoms with Gasteiger partial charge in [0.2, 0.25) is 0 Å². The molecule has 128 valence electrons. The van der Waals surface area contributed by atoms with Crippen molar-refractivity contribution in [2.75, 3.05) is 18.0 Å². The smallest absolute Gasteiger partial charge is 0.370 e. The SMILES string of the molecule is Cc1cc(C(F)(F)F)nc(CNC2CCN(c3ccccc3)C2)n1. The summed E-state index contributed by atoms with van der Waals surface area (Å²) < 4.78 is 38.4. The Kier molecular flexibility index (Phi) is 4.71. The number of rotatable bonds is 4. The predicted molar refractivity (Wildman–Crippen MR) is 85.7 cm³/mol. The van der Waals surface area contributed by atoms with E-state index >= 15 is 0 Å². The van der Waals surface area contributed by atoms with Crippen LogP contribution in [-0.4, -0.2) is 29.1 Å². The number of hydrogen-bond acceptors (Lipinski definition) is 4. The summed E-state index contributed by atoms with van der Waals surface area (Å²) in [4.78, 5) is 9.99. The summed E-state index contributed by atoms with van der Waals surface area (Å²) in [6, 6.07) is 11.3. The van der Waals surface area contributed by atoms with Gasteiger partial charge in [0, 0.05) is 30.5 Å². The van der Waals surface area contributed by atoms with E-state index in [1.54, 1.807) is 6.92 Å². The van der Waals surface area contributed by atoms with Crippen LogP contribution >= 0.6 is 0 Å². The van der Waals surface area contributed by atoms with Crippen LogP contribution in [0.25, 0.3) is 0 Å². The highest BCUT2D eigenvalue weighted by Crippen LogP contribution is 2.27. The lowest BCUT2D eigenvalue weighted by atomic mass is 10.2. The molecule has 1 aromatic heterocycles. The molecule has 0 spiro atoms. The molecule has 2 aromatic rings. The first kappa shape index (κ1) is 16.7. The third kappa shape index (κ3) is 4.03. The molecule has 24 heavy (non-hydrogen) atoms. The fourth-order valence-corrected chi connectivity index (χ4v) is 2.89. The fraction of sp³-hybridized carbons (Fsp3) is 0.412. The van der Waals surface area contributed by atoms with Crippen LogP contribution in [0.4, 0.5) is 18.9 Å². The second-order valence-corrected chi connectivity index (χ2v) is 5.96. The summed E-state index contributed by atoms with van der Waals surface area (Å²) in [7, 11) is 0. The molecular formula is C17H19F3N4. The van der Waals surface area contributed by atoms with Gasteiger partial charge in [-0.3, -0.25) is 0 Å². The highest BCUT2D eigenvalue weighted by Gasteiger charge is 2.33. The first-order valence-electron chi connectivity index (χ1n) is 7.87. The molecule has 4 nitrogen and oxygen atoms in total. The van der Waals surface area contributed by atoms with Crippen molar-refractivity contribution < 1.29 is 13.2 Å².